The van der Waals surface area contributed by atoms with Gasteiger partial charge < -0.3 is 5.32 Å². The lowest BCUT2D eigenvalue weighted by Gasteiger charge is -2.26. The first kappa shape index (κ1) is 19.7. The Morgan fingerprint density at radius 2 is 1.44 bits per heavy atom. The number of allylic oxidation sites excluding steroid dienone is 1. The minimum Gasteiger partial charge on any atom is -0.306 e. The minimum absolute atomic E-state index is 0.364. The smallest absolute Gasteiger partial charge is 0.0483 e. The van der Waals surface area contributed by atoms with Gasteiger partial charge in [-0.15, -0.1) is 0 Å². The number of benzene rings is 2. The van der Waals surface area contributed by atoms with Gasteiger partial charge in [-0.1, -0.05) is 91.5 Å². The molecule has 1 atom stereocenters. The maximum atomic E-state index is 3.80. The van der Waals surface area contributed by atoms with Crippen LogP contribution in [-0.2, 0) is 6.54 Å². The second-order valence-electron chi connectivity index (χ2n) is 8.37. The summed E-state index contributed by atoms with van der Waals surface area (Å²) in [4.78, 5) is 0. The van der Waals surface area contributed by atoms with E-state index in [0.29, 0.717) is 6.04 Å². The molecule has 0 aromatic heterocycles. The van der Waals surface area contributed by atoms with E-state index < -0.39 is 8.07 Å². The summed E-state index contributed by atoms with van der Waals surface area (Å²) < 4.78 is 0. The van der Waals surface area contributed by atoms with E-state index >= 15 is 0 Å². The van der Waals surface area contributed by atoms with Gasteiger partial charge in [0.2, 0.25) is 0 Å². The van der Waals surface area contributed by atoms with Gasteiger partial charge in [-0.05, 0) is 37.4 Å². The highest BCUT2D eigenvalue weighted by molar-refractivity contribution is 6.76. The molecule has 0 saturated heterocycles. The van der Waals surface area contributed by atoms with Crippen molar-refractivity contribution in [1.82, 2.24) is 5.32 Å². The van der Waals surface area contributed by atoms with Gasteiger partial charge in [-0.3, -0.25) is 0 Å². The highest BCUT2D eigenvalue weighted by atomic mass is 28.3. The van der Waals surface area contributed by atoms with Crippen LogP contribution in [-0.4, -0.2) is 8.07 Å². The van der Waals surface area contributed by atoms with E-state index in [1.165, 1.54) is 22.7 Å². The Labute approximate surface area is 155 Å². The number of nitrogens with one attached hydrogen (secondary N) is 1. The summed E-state index contributed by atoms with van der Waals surface area (Å²) in [7, 11) is -1.12. The summed E-state index contributed by atoms with van der Waals surface area (Å²) in [5.41, 5.74) is 5.85. The number of hydrogen-bond acceptors (Lipinski definition) is 1. The van der Waals surface area contributed by atoms with Crippen LogP contribution in [0.1, 0.15) is 37.4 Å². The largest absolute Gasteiger partial charge is 0.306 e. The predicted octanol–water partition coefficient (Wildman–Crippen LogP) is 6.58. The first-order valence-electron chi connectivity index (χ1n) is 9.32. The van der Waals surface area contributed by atoms with Crippen LogP contribution in [0.2, 0.25) is 25.7 Å². The van der Waals surface area contributed by atoms with Crippen molar-refractivity contribution in [1.29, 1.82) is 0 Å². The molecule has 134 valence electrons. The van der Waals surface area contributed by atoms with Gasteiger partial charge in [-0.2, -0.15) is 0 Å². The second-order valence-corrected chi connectivity index (χ2v) is 13.8. The Kier molecular flexibility index (Phi) is 7.21. The van der Waals surface area contributed by atoms with Gasteiger partial charge in [0.25, 0.3) is 0 Å². The van der Waals surface area contributed by atoms with Crippen LogP contribution in [0.3, 0.4) is 0 Å². The average Bonchev–Trinajstić information content (AvgIpc) is 2.58. The van der Waals surface area contributed by atoms with Crippen molar-refractivity contribution >= 4 is 8.07 Å². The van der Waals surface area contributed by atoms with Gasteiger partial charge in [0.1, 0.15) is 0 Å². The molecule has 0 aliphatic carbocycles. The molecule has 25 heavy (non-hydrogen) atoms. The Hall–Kier alpha value is -1.64. The molecule has 0 aliphatic rings. The zero-order chi connectivity index (χ0) is 18.3. The van der Waals surface area contributed by atoms with Crippen molar-refractivity contribution in [2.24, 2.45) is 0 Å². The molecular weight excluding hydrogens is 318 g/mol. The molecule has 0 amide bonds. The number of rotatable bonds is 8. The molecule has 2 aromatic rings. The van der Waals surface area contributed by atoms with E-state index in [1.54, 1.807) is 5.57 Å². The monoisotopic (exact) mass is 351 g/mol. The molecule has 0 saturated carbocycles. The van der Waals surface area contributed by atoms with Gasteiger partial charge in [0.05, 0.1) is 0 Å². The number of hydrogen-bond donors (Lipinski definition) is 1. The topological polar surface area (TPSA) is 12.0 Å². The van der Waals surface area contributed by atoms with Crippen LogP contribution in [0, 0.1) is 0 Å². The Balaban J connectivity index is 2.18. The lowest BCUT2D eigenvalue weighted by Crippen LogP contribution is -2.25. The maximum Gasteiger partial charge on any atom is 0.0483 e. The van der Waals surface area contributed by atoms with Crippen LogP contribution < -0.4 is 5.32 Å². The van der Waals surface area contributed by atoms with Crippen LogP contribution in [0.25, 0.3) is 0 Å². The van der Waals surface area contributed by atoms with Crippen molar-refractivity contribution in [2.45, 2.75) is 58.5 Å². The summed E-state index contributed by atoms with van der Waals surface area (Å²) in [5, 5.41) is 3.80. The van der Waals surface area contributed by atoms with Crippen molar-refractivity contribution in [3.8, 4) is 0 Å². The highest BCUT2D eigenvalue weighted by Crippen LogP contribution is 2.29. The molecule has 0 radical (unpaired) electrons. The maximum absolute atomic E-state index is 3.80. The van der Waals surface area contributed by atoms with E-state index in [9.17, 15) is 0 Å². The van der Waals surface area contributed by atoms with E-state index in [0.717, 1.165) is 13.0 Å². The van der Waals surface area contributed by atoms with Crippen LogP contribution in [0.4, 0.5) is 0 Å². The zero-order valence-electron chi connectivity index (χ0n) is 16.5. The lowest BCUT2D eigenvalue weighted by atomic mass is 9.97. The minimum atomic E-state index is -1.12. The SMILES string of the molecule is CC(C)=C(CC(NCc1ccccc1)c1ccccc1)C[Si](C)(C)C. The molecule has 0 aliphatic heterocycles. The second kappa shape index (κ2) is 9.16. The van der Waals surface area contributed by atoms with Gasteiger partial charge in [-0.25, -0.2) is 0 Å². The van der Waals surface area contributed by atoms with E-state index in [2.05, 4.69) is 99.5 Å². The molecule has 2 aromatic carbocycles. The fourth-order valence-corrected chi connectivity index (χ4v) is 4.95. The average molecular weight is 352 g/mol. The summed E-state index contributed by atoms with van der Waals surface area (Å²) >= 11 is 0. The third kappa shape index (κ3) is 7.01. The van der Waals surface area contributed by atoms with Crippen molar-refractivity contribution in [3.63, 3.8) is 0 Å². The molecule has 1 nitrogen and oxygen atoms in total. The van der Waals surface area contributed by atoms with Gasteiger partial charge >= 0.3 is 0 Å². The van der Waals surface area contributed by atoms with Gasteiger partial charge in [0, 0.05) is 20.7 Å². The zero-order valence-corrected chi connectivity index (χ0v) is 17.5. The Morgan fingerprint density at radius 3 is 1.96 bits per heavy atom. The van der Waals surface area contributed by atoms with Crippen LogP contribution in [0.15, 0.2) is 71.8 Å². The fraction of sp³-hybridized carbons (Fsp3) is 0.391. The normalized spacial score (nSPS) is 12.7. The molecule has 0 spiro atoms. The standard InChI is InChI=1S/C23H33NSi/c1-19(2)22(18-25(3,4)5)16-23(21-14-10-7-11-15-21)24-17-20-12-8-6-9-13-20/h6-15,23-24H,16-18H2,1-5H3. The Morgan fingerprint density at radius 1 is 0.880 bits per heavy atom. The van der Waals surface area contributed by atoms with Crippen molar-refractivity contribution in [3.05, 3.63) is 82.9 Å². The third-order valence-electron chi connectivity index (χ3n) is 4.50. The molecule has 2 rings (SSSR count). The van der Waals surface area contributed by atoms with Crippen molar-refractivity contribution in [2.75, 3.05) is 0 Å². The van der Waals surface area contributed by atoms with Crippen molar-refractivity contribution < 1.29 is 0 Å². The van der Waals surface area contributed by atoms with E-state index in [4.69, 9.17) is 0 Å². The van der Waals surface area contributed by atoms with Crippen LogP contribution >= 0.6 is 0 Å². The molecular formula is C23H33NSi. The highest BCUT2D eigenvalue weighted by Gasteiger charge is 2.20. The summed E-state index contributed by atoms with van der Waals surface area (Å²) in [6.45, 7) is 12.8. The summed E-state index contributed by atoms with van der Waals surface area (Å²) in [6.07, 6.45) is 1.10. The van der Waals surface area contributed by atoms with E-state index in [-0.39, 0.29) is 0 Å². The first-order chi connectivity index (χ1) is 11.8. The third-order valence-corrected chi connectivity index (χ3v) is 5.99. The summed E-state index contributed by atoms with van der Waals surface area (Å²) in [6, 6.07) is 23.2. The quantitative estimate of drug-likeness (QED) is 0.418. The van der Waals surface area contributed by atoms with Crippen LogP contribution in [0.5, 0.6) is 0 Å². The molecule has 0 bridgehead atoms. The Bertz CT molecular complexity index is 664. The molecule has 2 heteroatoms. The summed E-state index contributed by atoms with van der Waals surface area (Å²) in [5.74, 6) is 0. The fourth-order valence-electron chi connectivity index (χ4n) is 3.17. The first-order valence-corrected chi connectivity index (χ1v) is 13.0. The van der Waals surface area contributed by atoms with E-state index in [1.807, 2.05) is 0 Å². The molecule has 1 unspecified atom stereocenters. The molecule has 1 N–H and O–H groups in total. The van der Waals surface area contributed by atoms with Gasteiger partial charge in [0.15, 0.2) is 0 Å². The molecule has 0 fully saturated rings. The lowest BCUT2D eigenvalue weighted by molar-refractivity contribution is 0.526. The predicted molar refractivity (Wildman–Crippen MR) is 114 cm³/mol. The molecule has 0 heterocycles.